The lowest BCUT2D eigenvalue weighted by Gasteiger charge is -2.31. The van der Waals surface area contributed by atoms with Crippen molar-refractivity contribution in [2.24, 2.45) is 16.2 Å². The van der Waals surface area contributed by atoms with Crippen molar-refractivity contribution in [1.29, 1.82) is 0 Å². The van der Waals surface area contributed by atoms with E-state index in [1.165, 1.54) is 11.9 Å². The summed E-state index contributed by atoms with van der Waals surface area (Å²) in [6.45, 7) is 4.19. The molecule has 0 aromatic carbocycles. The number of nitrogens with zero attached hydrogens (tertiary/aromatic N) is 1. The summed E-state index contributed by atoms with van der Waals surface area (Å²) in [5, 5.41) is 3.31. The van der Waals surface area contributed by atoms with E-state index in [4.69, 9.17) is 5.90 Å². The second kappa shape index (κ2) is 4.89. The predicted octanol–water partition coefficient (Wildman–Crippen LogP) is 1.42. The molecule has 16 heavy (non-hydrogen) atoms. The van der Waals surface area contributed by atoms with E-state index in [2.05, 4.69) is 21.5 Å². The van der Waals surface area contributed by atoms with Crippen LogP contribution in [0.15, 0.2) is 4.40 Å². The van der Waals surface area contributed by atoms with E-state index in [9.17, 15) is 4.39 Å². The highest BCUT2D eigenvalue weighted by atomic mass is 32.2. The lowest BCUT2D eigenvalue weighted by molar-refractivity contribution is 0.302. The molecule has 2 rings (SSSR count). The summed E-state index contributed by atoms with van der Waals surface area (Å²) in [6, 6.07) is 0. The molecule has 0 spiro atoms. The highest BCUT2D eigenvalue weighted by Gasteiger charge is 2.44. The van der Waals surface area contributed by atoms with Gasteiger partial charge in [-0.2, -0.15) is 10.3 Å². The molecule has 0 aromatic heterocycles. The number of halogens is 1. The van der Waals surface area contributed by atoms with Gasteiger partial charge in [-0.1, -0.05) is 0 Å². The maximum absolute atomic E-state index is 12.8. The van der Waals surface area contributed by atoms with Gasteiger partial charge < -0.3 is 10.2 Å². The molecule has 0 amide bonds. The van der Waals surface area contributed by atoms with Crippen molar-refractivity contribution >= 4 is 17.8 Å². The Bertz CT molecular complexity index is 281. The maximum Gasteiger partial charge on any atom is 0.226 e. The van der Waals surface area contributed by atoms with Crippen LogP contribution in [0.5, 0.6) is 0 Å². The largest absolute Gasteiger partial charge is 0.395 e. The van der Waals surface area contributed by atoms with Crippen molar-refractivity contribution in [3.8, 4) is 0 Å². The average molecular weight is 247 g/mol. The van der Waals surface area contributed by atoms with Crippen LogP contribution in [0.25, 0.3) is 0 Å². The van der Waals surface area contributed by atoms with Gasteiger partial charge in [0.25, 0.3) is 0 Å². The summed E-state index contributed by atoms with van der Waals surface area (Å²) < 4.78 is 17.2. The fourth-order valence-electron chi connectivity index (χ4n) is 1.80. The second-order valence-corrected chi connectivity index (χ2v) is 6.05. The third-order valence-electron chi connectivity index (χ3n) is 3.17. The standard InChI is InChI=1S/C10H18FN3OS/c1-10(2-4-13-5-3-10)16-14-9(15-12)7-6-8(7)11/h7-8,13H,2-6,12H2,1H3/t7-,8+/m1/s1. The first-order valence-corrected chi connectivity index (χ1v) is 6.39. The van der Waals surface area contributed by atoms with Crippen molar-refractivity contribution in [1.82, 2.24) is 5.32 Å². The van der Waals surface area contributed by atoms with Crippen LogP contribution in [0.1, 0.15) is 26.2 Å². The SMILES string of the molecule is CC1(SN=C(ON)[C@@H]2C[C@@H]2F)CCNCC1. The van der Waals surface area contributed by atoms with Gasteiger partial charge in [-0.3, -0.25) is 0 Å². The monoisotopic (exact) mass is 247 g/mol. The van der Waals surface area contributed by atoms with Gasteiger partial charge in [-0.15, -0.1) is 0 Å². The molecule has 3 N–H and O–H groups in total. The Morgan fingerprint density at radius 1 is 1.56 bits per heavy atom. The topological polar surface area (TPSA) is 59.6 Å². The fraction of sp³-hybridized carbons (Fsp3) is 0.900. The summed E-state index contributed by atoms with van der Waals surface area (Å²) in [6.07, 6.45) is 1.80. The van der Waals surface area contributed by atoms with Crippen LogP contribution in [0, 0.1) is 5.92 Å². The van der Waals surface area contributed by atoms with Gasteiger partial charge >= 0.3 is 0 Å². The minimum atomic E-state index is -0.816. The molecule has 2 fully saturated rings. The van der Waals surface area contributed by atoms with Crippen molar-refractivity contribution in [3.05, 3.63) is 0 Å². The van der Waals surface area contributed by atoms with Crippen molar-refractivity contribution < 1.29 is 9.23 Å². The lowest BCUT2D eigenvalue weighted by Crippen LogP contribution is -2.37. The van der Waals surface area contributed by atoms with Gasteiger partial charge in [0.15, 0.2) is 0 Å². The molecular weight excluding hydrogens is 229 g/mol. The molecular formula is C10H18FN3OS. The van der Waals surface area contributed by atoms with E-state index < -0.39 is 6.17 Å². The van der Waals surface area contributed by atoms with Crippen molar-refractivity contribution in [2.45, 2.75) is 37.1 Å². The minimum absolute atomic E-state index is 0.121. The van der Waals surface area contributed by atoms with Crippen LogP contribution in [-0.2, 0) is 4.84 Å². The molecule has 0 unspecified atom stereocenters. The summed E-state index contributed by atoms with van der Waals surface area (Å²) in [4.78, 5) is 4.65. The number of nitrogens with one attached hydrogen (secondary N) is 1. The highest BCUT2D eigenvalue weighted by Crippen LogP contribution is 2.39. The Balaban J connectivity index is 1.90. The highest BCUT2D eigenvalue weighted by molar-refractivity contribution is 7.99. The number of alkyl halides is 1. The maximum atomic E-state index is 12.8. The van der Waals surface area contributed by atoms with Gasteiger partial charge in [-0.25, -0.2) is 4.39 Å². The van der Waals surface area contributed by atoms with Crippen LogP contribution in [0.3, 0.4) is 0 Å². The number of rotatable bonds is 3. The van der Waals surface area contributed by atoms with E-state index in [1.54, 1.807) is 0 Å². The molecule has 0 aromatic rings. The molecule has 1 heterocycles. The average Bonchev–Trinajstić information content (AvgIpc) is 2.97. The molecule has 0 radical (unpaired) electrons. The minimum Gasteiger partial charge on any atom is -0.395 e. The van der Waals surface area contributed by atoms with Crippen molar-refractivity contribution in [3.63, 3.8) is 0 Å². The Morgan fingerprint density at radius 3 is 2.69 bits per heavy atom. The molecule has 6 heteroatoms. The van der Waals surface area contributed by atoms with E-state index in [1.807, 2.05) is 0 Å². The Hall–Kier alpha value is -0.330. The molecule has 4 nitrogen and oxygen atoms in total. The zero-order valence-electron chi connectivity index (χ0n) is 9.41. The van der Waals surface area contributed by atoms with Crippen LogP contribution in [0.2, 0.25) is 0 Å². The number of hydrogen-bond donors (Lipinski definition) is 2. The van der Waals surface area contributed by atoms with Gasteiger partial charge in [0.05, 0.1) is 5.92 Å². The number of nitrogens with two attached hydrogens (primary N) is 1. The zero-order chi connectivity index (χ0) is 11.6. The van der Waals surface area contributed by atoms with E-state index >= 15 is 0 Å². The molecule has 92 valence electrons. The van der Waals surface area contributed by atoms with Crippen LogP contribution >= 0.6 is 11.9 Å². The molecule has 1 saturated carbocycles. The first kappa shape index (κ1) is 12.1. The Labute approximate surface area is 99.3 Å². The smallest absolute Gasteiger partial charge is 0.226 e. The van der Waals surface area contributed by atoms with Gasteiger partial charge in [0.1, 0.15) is 6.17 Å². The Morgan fingerprint density at radius 2 is 2.19 bits per heavy atom. The summed E-state index contributed by atoms with van der Waals surface area (Å²) in [5.74, 6) is 5.26. The first-order chi connectivity index (χ1) is 7.64. The van der Waals surface area contributed by atoms with E-state index in [-0.39, 0.29) is 10.7 Å². The lowest BCUT2D eigenvalue weighted by atomic mass is 10.00. The molecule has 2 aliphatic rings. The molecule has 1 aliphatic carbocycles. The first-order valence-electron chi connectivity index (χ1n) is 5.62. The number of piperidine rings is 1. The van der Waals surface area contributed by atoms with E-state index in [0.29, 0.717) is 12.3 Å². The van der Waals surface area contributed by atoms with E-state index in [0.717, 1.165) is 25.9 Å². The molecule has 1 saturated heterocycles. The summed E-state index contributed by atoms with van der Waals surface area (Å²) in [7, 11) is 0. The molecule has 0 bridgehead atoms. The van der Waals surface area contributed by atoms with Gasteiger partial charge in [0, 0.05) is 4.75 Å². The fourth-order valence-corrected chi connectivity index (χ4v) is 2.67. The third kappa shape index (κ3) is 2.87. The van der Waals surface area contributed by atoms with Crippen molar-refractivity contribution in [2.75, 3.05) is 13.1 Å². The quantitative estimate of drug-likeness (QED) is 0.343. The van der Waals surface area contributed by atoms with Crippen LogP contribution in [0.4, 0.5) is 4.39 Å². The normalized spacial score (nSPS) is 33.6. The van der Waals surface area contributed by atoms with Gasteiger partial charge in [0.2, 0.25) is 5.90 Å². The molecule has 1 aliphatic heterocycles. The summed E-state index contributed by atoms with van der Waals surface area (Å²) in [5.41, 5.74) is 0. The summed E-state index contributed by atoms with van der Waals surface area (Å²) >= 11 is 1.48. The van der Waals surface area contributed by atoms with Gasteiger partial charge in [-0.05, 0) is 51.2 Å². The predicted molar refractivity (Wildman–Crippen MR) is 63.8 cm³/mol. The molecule has 2 atom stereocenters. The van der Waals surface area contributed by atoms with Crippen LogP contribution in [-0.4, -0.2) is 29.9 Å². The zero-order valence-corrected chi connectivity index (χ0v) is 10.2. The third-order valence-corrected chi connectivity index (χ3v) is 4.29. The van der Waals surface area contributed by atoms with Crippen LogP contribution < -0.4 is 11.2 Å². The second-order valence-electron chi connectivity index (χ2n) is 4.70. The number of hydrogen-bond acceptors (Lipinski definition) is 5. The Kier molecular flexibility index (Phi) is 3.71.